The fourth-order valence-corrected chi connectivity index (χ4v) is 0.406. The highest BCUT2D eigenvalue weighted by Crippen LogP contribution is 1.82. The third kappa shape index (κ3) is 5.13. The van der Waals surface area contributed by atoms with Gasteiger partial charge in [-0.15, -0.1) is 5.10 Å². The molecule has 15 heavy (non-hydrogen) atoms. The van der Waals surface area contributed by atoms with Gasteiger partial charge in [0.25, 0.3) is 5.95 Å². The van der Waals surface area contributed by atoms with E-state index in [0.29, 0.717) is 5.95 Å². The van der Waals surface area contributed by atoms with Crippen LogP contribution in [0.15, 0.2) is 0 Å². The maximum atomic E-state index is 5.17. The standard InChI is InChI=1S/C2H5N5.C2H6.CH3N5/c1-7-2(3)4-5-6-7;1-2;2-1-3-5-6-4-1/h1H3,(H2,3,4,6);1-2H3;(H3,2,3,4,5,6). The van der Waals surface area contributed by atoms with Gasteiger partial charge in [0.2, 0.25) is 5.95 Å². The first-order valence-electron chi connectivity index (χ1n) is 4.17. The summed E-state index contributed by atoms with van der Waals surface area (Å²) in [5.41, 5.74) is 10.1. The van der Waals surface area contributed by atoms with Crippen molar-refractivity contribution < 1.29 is 0 Å². The Morgan fingerprint density at radius 1 is 1.20 bits per heavy atom. The van der Waals surface area contributed by atoms with Gasteiger partial charge < -0.3 is 11.5 Å². The number of aryl methyl sites for hydroxylation is 1. The zero-order chi connectivity index (χ0) is 11.7. The van der Waals surface area contributed by atoms with E-state index in [4.69, 9.17) is 11.5 Å². The number of nitrogens with zero attached hydrogens (tertiary/aromatic N) is 7. The first-order chi connectivity index (χ1) is 7.20. The van der Waals surface area contributed by atoms with Crippen molar-refractivity contribution in [2.75, 3.05) is 11.5 Å². The molecule has 2 heterocycles. The van der Waals surface area contributed by atoms with Crippen molar-refractivity contribution in [3.8, 4) is 0 Å². The van der Waals surface area contributed by atoms with Crippen LogP contribution in [0, 0.1) is 0 Å². The fraction of sp³-hybridized carbons (Fsp3) is 0.600. The molecule has 0 aliphatic rings. The van der Waals surface area contributed by atoms with Crippen LogP contribution in [-0.4, -0.2) is 40.8 Å². The van der Waals surface area contributed by atoms with Crippen LogP contribution in [0.2, 0.25) is 0 Å². The van der Waals surface area contributed by atoms with Gasteiger partial charge in [0.05, 0.1) is 0 Å². The molecule has 0 bridgehead atoms. The smallest absolute Gasteiger partial charge is 0.260 e. The second-order valence-corrected chi connectivity index (χ2v) is 1.93. The van der Waals surface area contributed by atoms with E-state index in [1.807, 2.05) is 13.8 Å². The third-order valence-electron chi connectivity index (χ3n) is 1.01. The number of aromatic amines is 1. The minimum absolute atomic E-state index is 0.176. The Morgan fingerprint density at radius 2 is 1.87 bits per heavy atom. The van der Waals surface area contributed by atoms with E-state index in [0.717, 1.165) is 0 Å². The first kappa shape index (κ1) is 12.7. The molecule has 10 heteroatoms. The van der Waals surface area contributed by atoms with Crippen LogP contribution in [0.4, 0.5) is 11.9 Å². The Bertz CT molecular complexity index is 320. The highest BCUT2D eigenvalue weighted by atomic mass is 15.6. The molecule has 0 amide bonds. The van der Waals surface area contributed by atoms with E-state index in [1.165, 1.54) is 4.68 Å². The number of rotatable bonds is 0. The molecule has 0 aromatic carbocycles. The molecule has 0 saturated heterocycles. The van der Waals surface area contributed by atoms with Crippen molar-refractivity contribution in [1.82, 2.24) is 40.8 Å². The molecule has 0 atom stereocenters. The van der Waals surface area contributed by atoms with Crippen LogP contribution in [-0.2, 0) is 7.05 Å². The zero-order valence-electron chi connectivity index (χ0n) is 8.79. The molecule has 0 unspecified atom stereocenters. The van der Waals surface area contributed by atoms with Gasteiger partial charge in [0.1, 0.15) is 0 Å². The number of tetrazole rings is 2. The van der Waals surface area contributed by atoms with E-state index in [-0.39, 0.29) is 5.95 Å². The number of hydrogen-bond donors (Lipinski definition) is 3. The van der Waals surface area contributed by atoms with Gasteiger partial charge in [-0.1, -0.05) is 24.0 Å². The Hall–Kier alpha value is -2.26. The summed E-state index contributed by atoms with van der Waals surface area (Å²) in [7, 11) is 1.68. The number of nitrogen functional groups attached to an aromatic ring is 2. The minimum atomic E-state index is 0.176. The maximum Gasteiger partial charge on any atom is 0.260 e. The Kier molecular flexibility index (Phi) is 6.09. The SMILES string of the molecule is CC.Cn1nnnc1N.Nc1nn[nH]n1. The highest BCUT2D eigenvalue weighted by molar-refractivity contribution is 5.08. The molecular formula is C5H14N10. The average molecular weight is 214 g/mol. The largest absolute Gasteiger partial charge is 0.367 e. The molecule has 2 aromatic rings. The molecule has 0 saturated carbocycles. The summed E-state index contributed by atoms with van der Waals surface area (Å²) in [6, 6.07) is 0. The summed E-state index contributed by atoms with van der Waals surface area (Å²) in [5.74, 6) is 0.509. The van der Waals surface area contributed by atoms with E-state index >= 15 is 0 Å². The summed E-state index contributed by atoms with van der Waals surface area (Å²) in [6.07, 6.45) is 0. The van der Waals surface area contributed by atoms with Crippen molar-refractivity contribution in [1.29, 1.82) is 0 Å². The van der Waals surface area contributed by atoms with E-state index < -0.39 is 0 Å². The Balaban J connectivity index is 0.000000227. The number of nitrogens with two attached hydrogens (primary N) is 2. The second-order valence-electron chi connectivity index (χ2n) is 1.93. The lowest BCUT2D eigenvalue weighted by Crippen LogP contribution is -1.97. The topological polar surface area (TPSA) is 150 Å². The van der Waals surface area contributed by atoms with Crippen LogP contribution < -0.4 is 11.5 Å². The molecule has 10 nitrogen and oxygen atoms in total. The molecule has 0 aliphatic heterocycles. The van der Waals surface area contributed by atoms with Crippen molar-refractivity contribution in [3.63, 3.8) is 0 Å². The van der Waals surface area contributed by atoms with Crippen molar-refractivity contribution in [2.24, 2.45) is 7.05 Å². The van der Waals surface area contributed by atoms with Crippen LogP contribution in [0.5, 0.6) is 0 Å². The molecule has 0 aliphatic carbocycles. The molecule has 0 spiro atoms. The first-order valence-corrected chi connectivity index (χ1v) is 4.17. The van der Waals surface area contributed by atoms with E-state index in [1.54, 1.807) is 7.05 Å². The number of hydrogen-bond acceptors (Lipinski definition) is 8. The Morgan fingerprint density at radius 3 is 2.00 bits per heavy atom. The lowest BCUT2D eigenvalue weighted by atomic mass is 11.0. The quantitative estimate of drug-likeness (QED) is 0.484. The molecule has 5 N–H and O–H groups in total. The normalized spacial score (nSPS) is 8.20. The molecule has 0 radical (unpaired) electrons. The predicted octanol–water partition coefficient (Wildman–Crippen LogP) is -1.40. The summed E-state index contributed by atoms with van der Waals surface area (Å²) >= 11 is 0. The molecule has 2 aromatic heterocycles. The van der Waals surface area contributed by atoms with Gasteiger partial charge in [-0.05, 0) is 15.6 Å². The van der Waals surface area contributed by atoms with Crippen molar-refractivity contribution in [3.05, 3.63) is 0 Å². The van der Waals surface area contributed by atoms with E-state index in [2.05, 4.69) is 36.1 Å². The van der Waals surface area contributed by atoms with Crippen LogP contribution in [0.25, 0.3) is 0 Å². The van der Waals surface area contributed by atoms with Crippen LogP contribution >= 0.6 is 0 Å². The number of nitrogens with one attached hydrogen (secondary N) is 1. The van der Waals surface area contributed by atoms with Gasteiger partial charge >= 0.3 is 0 Å². The fourth-order valence-electron chi connectivity index (χ4n) is 0.406. The average Bonchev–Trinajstić information content (AvgIpc) is 2.84. The summed E-state index contributed by atoms with van der Waals surface area (Å²) < 4.78 is 1.39. The lowest BCUT2D eigenvalue weighted by molar-refractivity contribution is 0.716. The maximum absolute atomic E-state index is 5.17. The lowest BCUT2D eigenvalue weighted by Gasteiger charge is -1.81. The van der Waals surface area contributed by atoms with E-state index in [9.17, 15) is 0 Å². The van der Waals surface area contributed by atoms with Crippen molar-refractivity contribution >= 4 is 11.9 Å². The summed E-state index contributed by atoms with van der Waals surface area (Å²) in [4.78, 5) is 0. The third-order valence-corrected chi connectivity index (χ3v) is 1.01. The summed E-state index contributed by atoms with van der Waals surface area (Å²) in [6.45, 7) is 4.00. The Labute approximate surface area is 86.0 Å². The van der Waals surface area contributed by atoms with Crippen LogP contribution in [0.3, 0.4) is 0 Å². The molecular weight excluding hydrogens is 200 g/mol. The predicted molar refractivity (Wildman–Crippen MR) is 53.1 cm³/mol. The zero-order valence-corrected chi connectivity index (χ0v) is 8.79. The van der Waals surface area contributed by atoms with Gasteiger partial charge in [0.15, 0.2) is 0 Å². The second kappa shape index (κ2) is 7.17. The highest BCUT2D eigenvalue weighted by Gasteiger charge is 1.88. The summed E-state index contributed by atoms with van der Waals surface area (Å²) in [5, 5.41) is 22.1. The van der Waals surface area contributed by atoms with Gasteiger partial charge in [-0.25, -0.2) is 4.68 Å². The number of anilines is 2. The molecule has 0 fully saturated rings. The van der Waals surface area contributed by atoms with Crippen LogP contribution in [0.1, 0.15) is 13.8 Å². The van der Waals surface area contributed by atoms with Crippen molar-refractivity contribution in [2.45, 2.75) is 13.8 Å². The van der Waals surface area contributed by atoms with Gasteiger partial charge in [-0.2, -0.15) is 5.21 Å². The molecule has 2 rings (SSSR count). The monoisotopic (exact) mass is 214 g/mol. The van der Waals surface area contributed by atoms with Gasteiger partial charge in [0, 0.05) is 7.05 Å². The minimum Gasteiger partial charge on any atom is -0.367 e. The number of H-pyrrole nitrogens is 1. The van der Waals surface area contributed by atoms with Gasteiger partial charge in [-0.3, -0.25) is 0 Å². The number of aromatic nitrogens is 8. The molecule has 84 valence electrons.